The Morgan fingerprint density at radius 1 is 1.12 bits per heavy atom. The van der Waals surface area contributed by atoms with Gasteiger partial charge in [-0.15, -0.1) is 0 Å². The number of ether oxygens (including phenoxy) is 4. The number of esters is 3. The monoisotopic (exact) mass is 685 g/mol. The molecule has 1 aromatic heterocycles. The predicted molar refractivity (Wildman–Crippen MR) is 148 cm³/mol. The SMILES string of the molecule is CC(=O)OCC1O[C@H](Sc2cc(Br)c(C#N)cn2)C(OC(C)=O)C(N=CC(=NN)c2cc(F)c(F)c(F)c2)[C@H]1OC(C)=O. The highest BCUT2D eigenvalue weighted by Crippen LogP contribution is 2.37. The molecule has 1 aliphatic rings. The van der Waals surface area contributed by atoms with Crippen LogP contribution in [0.1, 0.15) is 31.9 Å². The van der Waals surface area contributed by atoms with Crippen molar-refractivity contribution in [2.45, 2.75) is 55.6 Å². The number of nitrogens with zero attached hydrogens (tertiary/aromatic N) is 4. The van der Waals surface area contributed by atoms with Gasteiger partial charge in [-0.1, -0.05) is 11.8 Å². The first-order valence-electron chi connectivity index (χ1n) is 12.2. The Bertz CT molecular complexity index is 1480. The number of nitrogens with two attached hydrogens (primary N) is 1. The van der Waals surface area contributed by atoms with E-state index in [1.54, 1.807) is 0 Å². The van der Waals surface area contributed by atoms with Gasteiger partial charge in [-0.25, -0.2) is 18.2 Å². The van der Waals surface area contributed by atoms with Gasteiger partial charge < -0.3 is 24.8 Å². The van der Waals surface area contributed by atoms with Crippen LogP contribution in [-0.2, 0) is 33.3 Å². The Balaban J connectivity index is 2.11. The van der Waals surface area contributed by atoms with E-state index in [2.05, 4.69) is 31.0 Å². The molecular weight excluding hydrogens is 663 g/mol. The van der Waals surface area contributed by atoms with Gasteiger partial charge >= 0.3 is 17.9 Å². The fourth-order valence-electron chi connectivity index (χ4n) is 3.87. The largest absolute Gasteiger partial charge is 0.463 e. The topological polar surface area (TPSA) is 176 Å². The number of hydrogen-bond acceptors (Lipinski definition) is 13. The van der Waals surface area contributed by atoms with E-state index in [-0.39, 0.29) is 16.8 Å². The molecule has 0 radical (unpaired) electrons. The number of carbonyl (C=O) groups is 3. The number of aliphatic imine (C=N–C) groups is 1. The van der Waals surface area contributed by atoms with E-state index < -0.39 is 71.8 Å². The molecule has 1 saturated heterocycles. The van der Waals surface area contributed by atoms with Crippen LogP contribution in [-0.4, -0.2) is 71.2 Å². The van der Waals surface area contributed by atoms with Crippen molar-refractivity contribution >= 4 is 57.5 Å². The summed E-state index contributed by atoms with van der Waals surface area (Å²) in [5.41, 5.74) is -1.47. The second-order valence-corrected chi connectivity index (χ2v) is 10.7. The molecule has 0 spiro atoms. The van der Waals surface area contributed by atoms with E-state index in [4.69, 9.17) is 24.8 Å². The summed E-state index contributed by atoms with van der Waals surface area (Å²) in [7, 11) is 0. The highest BCUT2D eigenvalue weighted by Gasteiger charge is 2.50. The summed E-state index contributed by atoms with van der Waals surface area (Å²) in [6, 6.07) is 3.47. The molecule has 3 rings (SSSR count). The zero-order chi connectivity index (χ0) is 31.8. The summed E-state index contributed by atoms with van der Waals surface area (Å²) in [4.78, 5) is 44.5. The van der Waals surface area contributed by atoms with E-state index in [1.807, 2.05) is 6.07 Å². The lowest BCUT2D eigenvalue weighted by atomic mass is 9.97. The van der Waals surface area contributed by atoms with Gasteiger partial charge in [0.2, 0.25) is 0 Å². The van der Waals surface area contributed by atoms with Crippen LogP contribution in [0, 0.1) is 28.8 Å². The Kier molecular flexibility index (Phi) is 11.6. The lowest BCUT2D eigenvalue weighted by Crippen LogP contribution is -2.59. The maximum Gasteiger partial charge on any atom is 0.303 e. The summed E-state index contributed by atoms with van der Waals surface area (Å²) < 4.78 is 64.0. The first-order chi connectivity index (χ1) is 20.3. The molecule has 0 saturated carbocycles. The van der Waals surface area contributed by atoms with E-state index in [1.165, 1.54) is 12.3 Å². The van der Waals surface area contributed by atoms with Crippen LogP contribution in [0.4, 0.5) is 13.2 Å². The summed E-state index contributed by atoms with van der Waals surface area (Å²) in [5.74, 6) is -1.53. The third-order valence-corrected chi connectivity index (χ3v) is 7.38. The van der Waals surface area contributed by atoms with Gasteiger partial charge in [-0.2, -0.15) is 10.4 Å². The van der Waals surface area contributed by atoms with Crippen LogP contribution in [0.5, 0.6) is 0 Å². The lowest BCUT2D eigenvalue weighted by molar-refractivity contribution is -0.200. The van der Waals surface area contributed by atoms with E-state index in [9.17, 15) is 32.8 Å². The third kappa shape index (κ3) is 8.75. The molecule has 17 heteroatoms. The normalized spacial score (nSPS) is 22.1. The van der Waals surface area contributed by atoms with E-state index in [0.29, 0.717) is 21.6 Å². The Morgan fingerprint density at radius 3 is 2.28 bits per heavy atom. The minimum absolute atomic E-state index is 0.248. The smallest absolute Gasteiger partial charge is 0.303 e. The number of nitriles is 1. The fraction of sp³-hybridized carbons (Fsp3) is 0.346. The second-order valence-electron chi connectivity index (χ2n) is 8.76. The fourth-order valence-corrected chi connectivity index (χ4v) is 5.51. The van der Waals surface area contributed by atoms with Gasteiger partial charge in [-0.3, -0.25) is 19.4 Å². The molecule has 1 aliphatic heterocycles. The number of halogens is 4. The maximum atomic E-state index is 13.9. The molecule has 0 amide bonds. The number of benzene rings is 1. The number of pyridine rings is 1. The molecule has 0 aliphatic carbocycles. The van der Waals surface area contributed by atoms with E-state index >= 15 is 0 Å². The minimum Gasteiger partial charge on any atom is -0.463 e. The molecule has 12 nitrogen and oxygen atoms in total. The van der Waals surface area contributed by atoms with Crippen molar-refractivity contribution in [3.63, 3.8) is 0 Å². The van der Waals surface area contributed by atoms with Crippen LogP contribution >= 0.6 is 27.7 Å². The van der Waals surface area contributed by atoms with Crippen LogP contribution in [0.2, 0.25) is 0 Å². The summed E-state index contributed by atoms with van der Waals surface area (Å²) >= 11 is 4.22. The molecule has 2 aromatic rings. The van der Waals surface area contributed by atoms with Gasteiger partial charge in [0.25, 0.3) is 0 Å². The van der Waals surface area contributed by atoms with Crippen molar-refractivity contribution < 1.29 is 46.5 Å². The van der Waals surface area contributed by atoms with Crippen LogP contribution in [0.25, 0.3) is 0 Å². The number of thioether (sulfide) groups is 1. The first-order valence-corrected chi connectivity index (χ1v) is 13.8. The van der Waals surface area contributed by atoms with Crippen LogP contribution in [0.3, 0.4) is 0 Å². The van der Waals surface area contributed by atoms with Crippen molar-refractivity contribution in [3.8, 4) is 6.07 Å². The maximum absolute atomic E-state index is 13.9. The van der Waals surface area contributed by atoms with Gasteiger partial charge in [-0.05, 0) is 34.1 Å². The van der Waals surface area contributed by atoms with Crippen molar-refractivity contribution in [2.24, 2.45) is 15.9 Å². The Hall–Kier alpha value is -4.01. The van der Waals surface area contributed by atoms with Crippen LogP contribution < -0.4 is 5.84 Å². The van der Waals surface area contributed by atoms with Gasteiger partial charge in [0.15, 0.2) is 29.7 Å². The molecule has 3 unspecified atom stereocenters. The number of hydrazone groups is 1. The predicted octanol–water partition coefficient (Wildman–Crippen LogP) is 3.18. The molecular formula is C26H23BrF3N5O7S. The molecule has 2 N–H and O–H groups in total. The van der Waals surface area contributed by atoms with Crippen molar-refractivity contribution in [3.05, 3.63) is 57.4 Å². The minimum atomic E-state index is -1.71. The van der Waals surface area contributed by atoms with Crippen LogP contribution in [0.15, 0.2) is 44.0 Å². The van der Waals surface area contributed by atoms with Crippen molar-refractivity contribution in [1.29, 1.82) is 5.26 Å². The quantitative estimate of drug-likeness (QED) is 0.102. The average Bonchev–Trinajstić information content (AvgIpc) is 2.93. The Morgan fingerprint density at radius 2 is 1.74 bits per heavy atom. The Labute approximate surface area is 255 Å². The number of rotatable bonds is 9. The van der Waals surface area contributed by atoms with Crippen molar-refractivity contribution in [2.75, 3.05) is 6.61 Å². The number of carbonyl (C=O) groups excluding carboxylic acids is 3. The van der Waals surface area contributed by atoms with Gasteiger partial charge in [0, 0.05) is 37.0 Å². The second kappa shape index (κ2) is 14.9. The molecule has 1 aromatic carbocycles. The first kappa shape index (κ1) is 33.5. The molecule has 5 atom stereocenters. The van der Waals surface area contributed by atoms with Crippen molar-refractivity contribution in [1.82, 2.24) is 4.98 Å². The lowest BCUT2D eigenvalue weighted by Gasteiger charge is -2.43. The molecule has 228 valence electrons. The highest BCUT2D eigenvalue weighted by atomic mass is 79.9. The summed E-state index contributed by atoms with van der Waals surface area (Å²) in [6.07, 6.45) is -1.55. The summed E-state index contributed by atoms with van der Waals surface area (Å²) in [6.45, 7) is 2.94. The zero-order valence-corrected chi connectivity index (χ0v) is 25.0. The highest BCUT2D eigenvalue weighted by molar-refractivity contribution is 9.10. The zero-order valence-electron chi connectivity index (χ0n) is 22.6. The van der Waals surface area contributed by atoms with Gasteiger partial charge in [0.05, 0.1) is 16.8 Å². The molecule has 0 bridgehead atoms. The average molecular weight is 686 g/mol. The summed E-state index contributed by atoms with van der Waals surface area (Å²) in [5, 5.41) is 13.0. The number of hydrogen-bond donors (Lipinski definition) is 1. The molecule has 43 heavy (non-hydrogen) atoms. The van der Waals surface area contributed by atoms with E-state index in [0.717, 1.165) is 38.7 Å². The number of aromatic nitrogens is 1. The van der Waals surface area contributed by atoms with Gasteiger partial charge in [0.1, 0.15) is 36.0 Å². The molecule has 2 heterocycles. The molecule has 1 fully saturated rings. The standard InChI is InChI=1S/C26H23BrF3N5O7S/c1-11(36)39-10-20-24(40-12(2)37)23(34-9-19(35-32)14-4-17(28)22(30)18(29)5-14)25(41-13(3)38)26(42-20)43-21-6-16(27)15(7-31)8-33-21/h4-6,8-9,20,23-26H,10,32H2,1-3H3/t20?,23?,24-,25?,26+/m0/s1. The third-order valence-electron chi connectivity index (χ3n) is 5.65.